The van der Waals surface area contributed by atoms with Crippen LogP contribution >= 0.6 is 11.3 Å². The normalized spacial score (nSPS) is 15.1. The summed E-state index contributed by atoms with van der Waals surface area (Å²) in [6.07, 6.45) is 7.27. The third-order valence-corrected chi connectivity index (χ3v) is 8.16. The number of rotatable bonds is 9. The fourth-order valence-corrected chi connectivity index (χ4v) is 6.25. The monoisotopic (exact) mass is 465 g/mol. The number of nitrogens with zero attached hydrogens (tertiary/aromatic N) is 1. The Morgan fingerprint density at radius 2 is 1.73 bits per heavy atom. The maximum absolute atomic E-state index is 13.7. The predicted octanol–water partition coefficient (Wildman–Crippen LogP) is 7.00. The number of carbonyl (C=O) groups is 1. The van der Waals surface area contributed by atoms with E-state index in [1.54, 1.807) is 23.5 Å². The molecule has 3 aromatic rings. The van der Waals surface area contributed by atoms with Crippen molar-refractivity contribution in [2.45, 2.75) is 58.3 Å². The van der Waals surface area contributed by atoms with Crippen LogP contribution in [0.25, 0.3) is 10.1 Å². The van der Waals surface area contributed by atoms with Crippen molar-refractivity contribution in [3.05, 3.63) is 58.5 Å². The lowest BCUT2D eigenvalue weighted by Gasteiger charge is -2.18. The average Bonchev–Trinajstić information content (AvgIpc) is 3.00. The summed E-state index contributed by atoms with van der Waals surface area (Å²) in [5.74, 6) is 1.54. The second-order valence-corrected chi connectivity index (χ2v) is 10.0. The van der Waals surface area contributed by atoms with Gasteiger partial charge in [0.15, 0.2) is 5.78 Å². The largest absolute Gasteiger partial charge is 0.508 e. The second kappa shape index (κ2) is 11.2. The van der Waals surface area contributed by atoms with Crippen molar-refractivity contribution in [2.24, 2.45) is 0 Å². The maximum atomic E-state index is 13.7. The van der Waals surface area contributed by atoms with Gasteiger partial charge in [0, 0.05) is 32.6 Å². The molecule has 0 bridgehead atoms. The smallest absolute Gasteiger partial charge is 0.194 e. The van der Waals surface area contributed by atoms with E-state index in [0.29, 0.717) is 18.1 Å². The van der Waals surface area contributed by atoms with Crippen molar-refractivity contribution in [2.75, 3.05) is 26.2 Å². The van der Waals surface area contributed by atoms with Gasteiger partial charge in [-0.1, -0.05) is 39.5 Å². The number of ether oxygens (including phenoxy) is 1. The molecule has 1 aliphatic carbocycles. The summed E-state index contributed by atoms with van der Waals surface area (Å²) in [6, 6.07) is 13.0. The quantitative estimate of drug-likeness (QED) is 0.273. The topological polar surface area (TPSA) is 49.8 Å². The molecule has 0 unspecified atom stereocenters. The van der Waals surface area contributed by atoms with Crippen molar-refractivity contribution < 1.29 is 14.6 Å². The molecule has 2 aromatic carbocycles. The van der Waals surface area contributed by atoms with E-state index in [1.165, 1.54) is 30.6 Å². The van der Waals surface area contributed by atoms with Gasteiger partial charge in [-0.3, -0.25) is 4.79 Å². The highest BCUT2D eigenvalue weighted by Crippen LogP contribution is 2.43. The SMILES string of the molecule is CCN(CC)CCOc1ccc(C(=O)c2c(C3CCCCCC3)sc3cc(O)ccc23)cc1. The highest BCUT2D eigenvalue weighted by atomic mass is 32.1. The van der Waals surface area contributed by atoms with E-state index in [2.05, 4.69) is 18.7 Å². The van der Waals surface area contributed by atoms with Gasteiger partial charge in [0.05, 0.1) is 0 Å². The van der Waals surface area contributed by atoms with Crippen LogP contribution in [0.5, 0.6) is 11.5 Å². The molecule has 5 heteroatoms. The Hall–Kier alpha value is -2.37. The number of hydrogen-bond donors (Lipinski definition) is 1. The van der Waals surface area contributed by atoms with Gasteiger partial charge in [0.25, 0.3) is 0 Å². The Kier molecular flexibility index (Phi) is 8.05. The van der Waals surface area contributed by atoms with Crippen molar-refractivity contribution >= 4 is 27.2 Å². The summed E-state index contributed by atoms with van der Waals surface area (Å²) in [6.45, 7) is 7.88. The van der Waals surface area contributed by atoms with Gasteiger partial charge in [-0.05, 0) is 74.3 Å². The van der Waals surface area contributed by atoms with Gasteiger partial charge in [0.1, 0.15) is 18.1 Å². The number of benzene rings is 2. The van der Waals surface area contributed by atoms with Crippen molar-refractivity contribution in [1.29, 1.82) is 0 Å². The van der Waals surface area contributed by atoms with Gasteiger partial charge < -0.3 is 14.7 Å². The first-order chi connectivity index (χ1) is 16.1. The maximum Gasteiger partial charge on any atom is 0.194 e. The summed E-state index contributed by atoms with van der Waals surface area (Å²) < 4.78 is 6.90. The summed E-state index contributed by atoms with van der Waals surface area (Å²) in [4.78, 5) is 17.3. The molecule has 0 amide bonds. The molecule has 33 heavy (non-hydrogen) atoms. The van der Waals surface area contributed by atoms with Crippen LogP contribution in [0, 0.1) is 0 Å². The van der Waals surface area contributed by atoms with Crippen LogP contribution < -0.4 is 4.74 Å². The van der Waals surface area contributed by atoms with E-state index in [1.807, 2.05) is 30.3 Å². The van der Waals surface area contributed by atoms with Crippen molar-refractivity contribution in [1.82, 2.24) is 4.90 Å². The lowest BCUT2D eigenvalue weighted by molar-refractivity contribution is 0.103. The fourth-order valence-electron chi connectivity index (χ4n) is 4.85. The molecule has 0 spiro atoms. The number of thiophene rings is 1. The Bertz CT molecular complexity index is 1060. The molecule has 1 saturated carbocycles. The molecule has 1 N–H and O–H groups in total. The third kappa shape index (κ3) is 5.59. The molecule has 1 fully saturated rings. The molecule has 1 aromatic heterocycles. The minimum Gasteiger partial charge on any atom is -0.508 e. The molecule has 176 valence electrons. The van der Waals surface area contributed by atoms with E-state index in [-0.39, 0.29) is 11.5 Å². The first-order valence-corrected chi connectivity index (χ1v) is 13.2. The van der Waals surface area contributed by atoms with Gasteiger partial charge in [0.2, 0.25) is 0 Å². The standard InChI is InChI=1S/C28H35NO3S/c1-3-29(4-2)17-18-32-23-14-11-20(12-15-23)27(31)26-24-16-13-22(30)19-25(24)33-28(26)21-9-7-5-6-8-10-21/h11-16,19,21,30H,3-10,17-18H2,1-2H3. The summed E-state index contributed by atoms with van der Waals surface area (Å²) in [7, 11) is 0. The van der Waals surface area contributed by atoms with Crippen LogP contribution in [0.3, 0.4) is 0 Å². The first kappa shape index (κ1) is 23.8. The zero-order valence-corrected chi connectivity index (χ0v) is 20.6. The number of likely N-dealkylation sites (N-methyl/N-ethyl adjacent to an activating group) is 1. The Balaban J connectivity index is 1.58. The molecule has 0 saturated heterocycles. The Labute approximate surface area is 201 Å². The molecule has 0 atom stereocenters. The van der Waals surface area contributed by atoms with E-state index >= 15 is 0 Å². The van der Waals surface area contributed by atoms with E-state index in [4.69, 9.17) is 4.74 Å². The van der Waals surface area contributed by atoms with Crippen LogP contribution in [0.4, 0.5) is 0 Å². The Morgan fingerprint density at radius 1 is 1.03 bits per heavy atom. The first-order valence-electron chi connectivity index (χ1n) is 12.4. The average molecular weight is 466 g/mol. The molecule has 0 aliphatic heterocycles. The number of phenols is 1. The molecule has 1 aliphatic rings. The predicted molar refractivity (Wildman–Crippen MR) is 137 cm³/mol. The van der Waals surface area contributed by atoms with Gasteiger partial charge in [-0.2, -0.15) is 0 Å². The van der Waals surface area contributed by atoms with Crippen LogP contribution in [0.2, 0.25) is 0 Å². The number of fused-ring (bicyclic) bond motifs is 1. The van der Waals surface area contributed by atoms with Crippen LogP contribution in [0.15, 0.2) is 42.5 Å². The number of hydrogen-bond acceptors (Lipinski definition) is 5. The highest BCUT2D eigenvalue weighted by molar-refractivity contribution is 7.19. The molecular weight excluding hydrogens is 430 g/mol. The number of ketones is 1. The minimum absolute atomic E-state index is 0.0703. The van der Waals surface area contributed by atoms with E-state index in [0.717, 1.165) is 53.9 Å². The van der Waals surface area contributed by atoms with E-state index in [9.17, 15) is 9.90 Å². The molecular formula is C28H35NO3S. The fraction of sp³-hybridized carbons (Fsp3) is 0.464. The van der Waals surface area contributed by atoms with Gasteiger partial charge in [-0.15, -0.1) is 11.3 Å². The molecule has 4 nitrogen and oxygen atoms in total. The zero-order chi connectivity index (χ0) is 23.2. The van der Waals surface area contributed by atoms with Gasteiger partial charge >= 0.3 is 0 Å². The van der Waals surface area contributed by atoms with Gasteiger partial charge in [-0.25, -0.2) is 0 Å². The van der Waals surface area contributed by atoms with Crippen molar-refractivity contribution in [3.8, 4) is 11.5 Å². The lowest BCUT2D eigenvalue weighted by atomic mass is 9.91. The Morgan fingerprint density at radius 3 is 2.39 bits per heavy atom. The summed E-state index contributed by atoms with van der Waals surface area (Å²) in [5.41, 5.74) is 1.52. The van der Waals surface area contributed by atoms with E-state index < -0.39 is 0 Å². The molecule has 0 radical (unpaired) electrons. The summed E-state index contributed by atoms with van der Waals surface area (Å²) in [5, 5.41) is 11.0. The van der Waals surface area contributed by atoms with Crippen LogP contribution in [-0.4, -0.2) is 42.0 Å². The summed E-state index contributed by atoms with van der Waals surface area (Å²) >= 11 is 1.69. The number of aromatic hydroxyl groups is 1. The van der Waals surface area contributed by atoms with Crippen LogP contribution in [-0.2, 0) is 0 Å². The third-order valence-electron chi connectivity index (χ3n) is 6.84. The van der Waals surface area contributed by atoms with Crippen molar-refractivity contribution in [3.63, 3.8) is 0 Å². The minimum atomic E-state index is 0.0703. The zero-order valence-electron chi connectivity index (χ0n) is 19.8. The number of phenolic OH excluding ortho intramolecular Hbond substituents is 1. The lowest BCUT2D eigenvalue weighted by Crippen LogP contribution is -2.27. The molecule has 4 rings (SSSR count). The van der Waals surface area contributed by atoms with Crippen LogP contribution in [0.1, 0.15) is 79.1 Å². The number of carbonyl (C=O) groups excluding carboxylic acids is 1. The highest BCUT2D eigenvalue weighted by Gasteiger charge is 2.26. The second-order valence-electron chi connectivity index (χ2n) is 8.94. The molecule has 1 heterocycles.